The van der Waals surface area contributed by atoms with Crippen molar-refractivity contribution in [1.29, 1.82) is 5.26 Å². The van der Waals surface area contributed by atoms with Crippen LogP contribution in [0.4, 0.5) is 5.69 Å². The predicted molar refractivity (Wildman–Crippen MR) is 75.1 cm³/mol. The van der Waals surface area contributed by atoms with E-state index < -0.39 is 0 Å². The van der Waals surface area contributed by atoms with Crippen molar-refractivity contribution in [3.05, 3.63) is 21.6 Å². The average Bonchev–Trinajstić information content (AvgIpc) is 2.32. The third-order valence-electron chi connectivity index (χ3n) is 1.80. The summed E-state index contributed by atoms with van der Waals surface area (Å²) in [7, 11) is 1.54. The zero-order valence-corrected chi connectivity index (χ0v) is 12.3. The Morgan fingerprint density at radius 2 is 2.35 bits per heavy atom. The van der Waals surface area contributed by atoms with Gasteiger partial charge in [-0.1, -0.05) is 23.4 Å². The van der Waals surface area contributed by atoms with Gasteiger partial charge in [-0.25, -0.2) is 4.99 Å². The lowest BCUT2D eigenvalue weighted by molar-refractivity contribution is 0.415. The molecule has 1 N–H and O–H groups in total. The highest BCUT2D eigenvalue weighted by atomic mass is 79.9. The van der Waals surface area contributed by atoms with Gasteiger partial charge in [0.2, 0.25) is 0 Å². The predicted octanol–water partition coefficient (Wildman–Crippen LogP) is 3.53. The Morgan fingerprint density at radius 1 is 1.65 bits per heavy atom. The maximum Gasteiger partial charge on any atom is 0.183 e. The number of thioether (sulfide) groups is 1. The van der Waals surface area contributed by atoms with Gasteiger partial charge in [0.05, 0.1) is 17.8 Å². The molecule has 1 aromatic rings. The van der Waals surface area contributed by atoms with Crippen LogP contribution < -0.4 is 10.1 Å². The van der Waals surface area contributed by atoms with Crippen LogP contribution in [0.15, 0.2) is 21.6 Å². The van der Waals surface area contributed by atoms with Crippen molar-refractivity contribution in [1.82, 2.24) is 5.32 Å². The van der Waals surface area contributed by atoms with Gasteiger partial charge in [0.15, 0.2) is 11.4 Å². The minimum Gasteiger partial charge on any atom is -0.495 e. The molecule has 1 rings (SSSR count). The molecule has 0 saturated carbocycles. The first-order valence-electron chi connectivity index (χ1n) is 4.43. The van der Waals surface area contributed by atoms with Crippen LogP contribution in [-0.4, -0.2) is 18.5 Å². The minimum absolute atomic E-state index is 0.465. The lowest BCUT2D eigenvalue weighted by Crippen LogP contribution is -2.12. The molecule has 90 valence electrons. The van der Waals surface area contributed by atoms with Gasteiger partial charge < -0.3 is 4.74 Å². The van der Waals surface area contributed by atoms with Crippen molar-refractivity contribution >= 4 is 50.1 Å². The van der Waals surface area contributed by atoms with E-state index in [0.29, 0.717) is 21.6 Å². The van der Waals surface area contributed by atoms with Gasteiger partial charge in [-0.05, 0) is 34.3 Å². The number of ether oxygens (including phenoxy) is 1. The number of aliphatic imine (C=N–C) groups is 1. The molecule has 0 saturated heterocycles. The zero-order chi connectivity index (χ0) is 12.8. The first-order chi connectivity index (χ1) is 8.12. The first-order valence-corrected chi connectivity index (χ1v) is 6.82. The van der Waals surface area contributed by atoms with Crippen molar-refractivity contribution in [2.75, 3.05) is 13.4 Å². The Kier molecular flexibility index (Phi) is 5.62. The largest absolute Gasteiger partial charge is 0.495 e. The average molecular weight is 335 g/mol. The fourth-order valence-electron chi connectivity index (χ4n) is 1.04. The Balaban J connectivity index is 3.15. The van der Waals surface area contributed by atoms with E-state index in [2.05, 4.69) is 26.2 Å². The van der Waals surface area contributed by atoms with Crippen LogP contribution in [0, 0.1) is 11.5 Å². The van der Waals surface area contributed by atoms with E-state index in [1.54, 1.807) is 19.2 Å². The Hall–Kier alpha value is -0.900. The number of halogens is 2. The Morgan fingerprint density at radius 3 is 2.88 bits per heavy atom. The SMILES string of the molecule is COc1cc(Br)c(N=C(NC#N)SC)cc1Cl. The smallest absolute Gasteiger partial charge is 0.183 e. The lowest BCUT2D eigenvalue weighted by Gasteiger charge is -2.07. The highest BCUT2D eigenvalue weighted by molar-refractivity contribution is 9.10. The topological polar surface area (TPSA) is 57.4 Å². The number of methoxy groups -OCH3 is 1. The number of benzene rings is 1. The molecule has 0 aliphatic carbocycles. The van der Waals surface area contributed by atoms with Crippen molar-refractivity contribution in [2.45, 2.75) is 0 Å². The molecule has 0 bridgehead atoms. The Labute approximate surface area is 117 Å². The van der Waals surface area contributed by atoms with Gasteiger partial charge in [-0.15, -0.1) is 0 Å². The summed E-state index contributed by atoms with van der Waals surface area (Å²) in [5.41, 5.74) is 0.628. The number of amidine groups is 1. The minimum atomic E-state index is 0.465. The van der Waals surface area contributed by atoms with Gasteiger partial charge in [-0.3, -0.25) is 5.32 Å². The van der Waals surface area contributed by atoms with E-state index in [9.17, 15) is 0 Å². The van der Waals surface area contributed by atoms with E-state index in [4.69, 9.17) is 21.6 Å². The van der Waals surface area contributed by atoms with Crippen LogP contribution in [0.1, 0.15) is 0 Å². The van der Waals surface area contributed by atoms with Crippen molar-refractivity contribution in [3.63, 3.8) is 0 Å². The molecule has 0 radical (unpaired) electrons. The molecule has 7 heteroatoms. The maximum absolute atomic E-state index is 8.54. The monoisotopic (exact) mass is 333 g/mol. The van der Waals surface area contributed by atoms with Crippen LogP contribution in [0.5, 0.6) is 5.75 Å². The molecule has 0 spiro atoms. The normalized spacial score (nSPS) is 10.9. The van der Waals surface area contributed by atoms with Crippen molar-refractivity contribution in [2.24, 2.45) is 4.99 Å². The summed E-state index contributed by atoms with van der Waals surface area (Å²) in [4.78, 5) is 4.26. The maximum atomic E-state index is 8.54. The van der Waals surface area contributed by atoms with Gasteiger partial charge in [0.25, 0.3) is 0 Å². The molecule has 0 unspecified atom stereocenters. The number of nitriles is 1. The van der Waals surface area contributed by atoms with Crippen LogP contribution in [0.25, 0.3) is 0 Å². The zero-order valence-electron chi connectivity index (χ0n) is 9.12. The number of nitrogens with zero attached hydrogens (tertiary/aromatic N) is 2. The first kappa shape index (κ1) is 14.2. The fourth-order valence-corrected chi connectivity index (χ4v) is 2.03. The quantitative estimate of drug-likeness (QED) is 0.389. The lowest BCUT2D eigenvalue weighted by atomic mass is 10.3. The van der Waals surface area contributed by atoms with Gasteiger partial charge in [0, 0.05) is 4.47 Å². The summed E-state index contributed by atoms with van der Waals surface area (Å²) in [6.07, 6.45) is 3.64. The summed E-state index contributed by atoms with van der Waals surface area (Å²) < 4.78 is 5.82. The summed E-state index contributed by atoms with van der Waals surface area (Å²) in [5, 5.41) is 12.0. The van der Waals surface area contributed by atoms with E-state index in [0.717, 1.165) is 4.47 Å². The molecule has 0 amide bonds. The molecular weight excluding hydrogens is 326 g/mol. The number of nitrogens with one attached hydrogen (secondary N) is 1. The summed E-state index contributed by atoms with van der Waals surface area (Å²) in [5.74, 6) is 0.566. The van der Waals surface area contributed by atoms with Crippen LogP contribution in [0.3, 0.4) is 0 Å². The number of rotatable bonds is 2. The second kappa shape index (κ2) is 6.74. The summed E-state index contributed by atoms with van der Waals surface area (Å²) >= 11 is 10.7. The molecular formula is C10H9BrClN3OS. The third kappa shape index (κ3) is 3.80. The highest BCUT2D eigenvalue weighted by Crippen LogP contribution is 2.36. The van der Waals surface area contributed by atoms with Gasteiger partial charge >= 0.3 is 0 Å². The van der Waals surface area contributed by atoms with E-state index in [1.807, 2.05) is 12.4 Å². The molecule has 17 heavy (non-hydrogen) atoms. The molecule has 0 heterocycles. The van der Waals surface area contributed by atoms with Gasteiger partial charge in [0.1, 0.15) is 5.75 Å². The van der Waals surface area contributed by atoms with Crippen molar-refractivity contribution in [3.8, 4) is 11.9 Å². The van der Waals surface area contributed by atoms with Crippen LogP contribution in [0.2, 0.25) is 5.02 Å². The Bertz CT molecular complexity index is 487. The van der Waals surface area contributed by atoms with Crippen molar-refractivity contribution < 1.29 is 4.74 Å². The van der Waals surface area contributed by atoms with E-state index >= 15 is 0 Å². The number of hydrogen-bond acceptors (Lipinski definition) is 4. The van der Waals surface area contributed by atoms with E-state index in [-0.39, 0.29) is 0 Å². The standard InChI is InChI=1S/C10H9BrClN3OS/c1-16-9-3-6(11)8(4-7(9)12)15-10(17-2)14-5-13/h3-4H,1-2H3,(H,14,15). The molecule has 0 aliphatic heterocycles. The van der Waals surface area contributed by atoms with Gasteiger partial charge in [-0.2, -0.15) is 5.26 Å². The number of hydrogen-bond donors (Lipinski definition) is 1. The van der Waals surface area contributed by atoms with Crippen LogP contribution >= 0.6 is 39.3 Å². The highest BCUT2D eigenvalue weighted by Gasteiger charge is 2.07. The molecule has 0 aliphatic rings. The van der Waals surface area contributed by atoms with E-state index in [1.165, 1.54) is 11.8 Å². The summed E-state index contributed by atoms with van der Waals surface area (Å²) in [6, 6.07) is 3.39. The second-order valence-electron chi connectivity index (χ2n) is 2.80. The molecule has 0 aromatic heterocycles. The third-order valence-corrected chi connectivity index (χ3v) is 3.31. The second-order valence-corrected chi connectivity index (χ2v) is 4.85. The molecule has 0 fully saturated rings. The molecule has 1 aromatic carbocycles. The summed E-state index contributed by atoms with van der Waals surface area (Å²) in [6.45, 7) is 0. The molecule has 0 atom stereocenters. The fraction of sp³-hybridized carbons (Fsp3) is 0.200. The molecule has 4 nitrogen and oxygen atoms in total. The van der Waals surface area contributed by atoms with Crippen LogP contribution in [-0.2, 0) is 0 Å².